The Morgan fingerprint density at radius 2 is 1.54 bits per heavy atom. The number of carbonyl (C=O) groups excluding carboxylic acids is 1. The predicted octanol–water partition coefficient (Wildman–Crippen LogP) is 3.70. The third kappa shape index (κ3) is 7.00. The van der Waals surface area contributed by atoms with Gasteiger partial charge in [-0.3, -0.25) is 9.10 Å². The van der Waals surface area contributed by atoms with Gasteiger partial charge in [0.05, 0.1) is 24.8 Å². The summed E-state index contributed by atoms with van der Waals surface area (Å²) in [7, 11) is -4.88. The van der Waals surface area contributed by atoms with Gasteiger partial charge in [0.2, 0.25) is 15.9 Å². The Morgan fingerprint density at radius 1 is 0.878 bits per heavy atom. The average Bonchev–Trinajstić information content (AvgIpc) is 2.99. The second-order valence-corrected chi connectivity index (χ2v) is 13.5. The van der Waals surface area contributed by atoms with Gasteiger partial charge < -0.3 is 14.8 Å². The minimum absolute atomic E-state index is 0.0610. The summed E-state index contributed by atoms with van der Waals surface area (Å²) >= 11 is 0. The predicted molar refractivity (Wildman–Crippen MR) is 156 cm³/mol. The molecular weight excluding hydrogens is 566 g/mol. The first kappa shape index (κ1) is 30.4. The molecule has 220 valence electrons. The molecule has 12 heteroatoms. The third-order valence-corrected chi connectivity index (χ3v) is 10.6. The Hall–Kier alpha value is -3.61. The van der Waals surface area contributed by atoms with Crippen molar-refractivity contribution in [2.45, 2.75) is 42.5 Å². The van der Waals surface area contributed by atoms with Gasteiger partial charge >= 0.3 is 0 Å². The summed E-state index contributed by atoms with van der Waals surface area (Å²) in [5, 5.41) is 2.75. The maximum Gasteiger partial charge on any atom is 0.268 e. The average molecular weight is 602 g/mol. The number of methoxy groups -OCH3 is 2. The summed E-state index contributed by atoms with van der Waals surface area (Å²) in [4.78, 5) is 13.2. The van der Waals surface area contributed by atoms with Gasteiger partial charge in [-0.15, -0.1) is 0 Å². The van der Waals surface area contributed by atoms with E-state index in [2.05, 4.69) is 5.32 Å². The van der Waals surface area contributed by atoms with Crippen LogP contribution in [0.5, 0.6) is 11.5 Å². The van der Waals surface area contributed by atoms with Crippen LogP contribution in [0, 0.1) is 6.92 Å². The number of rotatable bonds is 11. The number of aryl methyl sites for hydroxylation is 1. The first-order chi connectivity index (χ1) is 19.6. The molecule has 4 rings (SSSR count). The maximum absolute atomic E-state index is 13.9. The van der Waals surface area contributed by atoms with Crippen LogP contribution in [0.25, 0.3) is 0 Å². The van der Waals surface area contributed by atoms with Crippen LogP contribution >= 0.6 is 0 Å². The zero-order valence-electron chi connectivity index (χ0n) is 23.4. The quantitative estimate of drug-likeness (QED) is 0.356. The van der Waals surface area contributed by atoms with Gasteiger partial charge in [0.25, 0.3) is 10.0 Å². The van der Waals surface area contributed by atoms with E-state index in [0.29, 0.717) is 30.0 Å². The summed E-state index contributed by atoms with van der Waals surface area (Å²) < 4.78 is 66.6. The number of anilines is 1. The lowest BCUT2D eigenvalue weighted by molar-refractivity contribution is -0.119. The Balaban J connectivity index is 1.52. The van der Waals surface area contributed by atoms with Crippen LogP contribution in [0.4, 0.5) is 5.69 Å². The lowest BCUT2D eigenvalue weighted by Gasteiger charge is -2.26. The van der Waals surface area contributed by atoms with E-state index in [1.54, 1.807) is 55.5 Å². The second-order valence-electron chi connectivity index (χ2n) is 9.75. The number of hydrogen-bond acceptors (Lipinski definition) is 7. The zero-order chi connectivity index (χ0) is 29.6. The van der Waals surface area contributed by atoms with Crippen molar-refractivity contribution >= 4 is 31.6 Å². The molecule has 1 saturated heterocycles. The number of hydrogen-bond donors (Lipinski definition) is 1. The van der Waals surface area contributed by atoms with Gasteiger partial charge in [0.1, 0.15) is 22.9 Å². The maximum atomic E-state index is 13.9. The first-order valence-corrected chi connectivity index (χ1v) is 16.1. The molecule has 0 unspecified atom stereocenters. The van der Waals surface area contributed by atoms with Gasteiger partial charge in [-0.1, -0.05) is 24.6 Å². The number of ether oxygens (including phenoxy) is 2. The van der Waals surface area contributed by atoms with Crippen molar-refractivity contribution in [1.82, 2.24) is 9.62 Å². The molecule has 0 aromatic heterocycles. The number of amides is 1. The van der Waals surface area contributed by atoms with Crippen LogP contribution in [-0.4, -0.2) is 60.9 Å². The summed E-state index contributed by atoms with van der Waals surface area (Å²) in [6, 6.07) is 17.5. The van der Waals surface area contributed by atoms with E-state index in [-0.39, 0.29) is 27.8 Å². The molecule has 1 aliphatic heterocycles. The fourth-order valence-electron chi connectivity index (χ4n) is 4.59. The molecule has 1 heterocycles. The van der Waals surface area contributed by atoms with E-state index in [4.69, 9.17) is 9.47 Å². The Kier molecular flexibility index (Phi) is 9.57. The van der Waals surface area contributed by atoms with Crippen LogP contribution < -0.4 is 19.1 Å². The standard InChI is InChI=1S/C29H35N3O7S2/c1-22-7-16-27(39-3)28(19-22)41(36,37)32(24-10-12-25(38-2)13-11-24)21-29(33)30-20-23-8-14-26(15-9-23)40(34,35)31-17-5-4-6-18-31/h7-16,19H,4-6,17-18,20-21H2,1-3H3,(H,30,33). The fraction of sp³-hybridized carbons (Fsp3) is 0.345. The molecule has 0 spiro atoms. The highest BCUT2D eigenvalue weighted by molar-refractivity contribution is 7.93. The van der Waals surface area contributed by atoms with Crippen molar-refractivity contribution in [3.8, 4) is 11.5 Å². The summed E-state index contributed by atoms with van der Waals surface area (Å²) in [6.07, 6.45) is 2.73. The van der Waals surface area contributed by atoms with Crippen molar-refractivity contribution in [3.05, 3.63) is 77.9 Å². The molecule has 0 radical (unpaired) electrons. The highest BCUT2D eigenvalue weighted by Gasteiger charge is 2.30. The SMILES string of the molecule is COc1ccc(N(CC(=O)NCc2ccc(S(=O)(=O)N3CCCCC3)cc2)S(=O)(=O)c2cc(C)ccc2OC)cc1. The minimum atomic E-state index is -4.21. The Morgan fingerprint density at radius 3 is 2.15 bits per heavy atom. The monoisotopic (exact) mass is 601 g/mol. The molecule has 3 aromatic carbocycles. The van der Waals surface area contributed by atoms with Crippen LogP contribution in [0.3, 0.4) is 0 Å². The van der Waals surface area contributed by atoms with E-state index in [0.717, 1.165) is 23.6 Å². The number of sulfonamides is 2. The molecule has 0 atom stereocenters. The normalized spacial score (nSPS) is 14.3. The molecule has 3 aromatic rings. The van der Waals surface area contributed by atoms with E-state index in [1.165, 1.54) is 36.7 Å². The fourth-order valence-corrected chi connectivity index (χ4v) is 7.77. The molecular formula is C29H35N3O7S2. The molecule has 1 N–H and O–H groups in total. The summed E-state index contributed by atoms with van der Waals surface area (Å²) in [6.45, 7) is 2.40. The number of nitrogens with one attached hydrogen (secondary N) is 1. The van der Waals surface area contributed by atoms with Crippen molar-refractivity contribution < 1.29 is 31.1 Å². The minimum Gasteiger partial charge on any atom is -0.497 e. The van der Waals surface area contributed by atoms with Crippen LogP contribution in [-0.2, 0) is 31.4 Å². The highest BCUT2D eigenvalue weighted by atomic mass is 32.2. The molecule has 0 saturated carbocycles. The van der Waals surface area contributed by atoms with E-state index >= 15 is 0 Å². The molecule has 1 amide bonds. The molecule has 1 fully saturated rings. The molecule has 1 aliphatic rings. The molecule has 0 aliphatic carbocycles. The largest absolute Gasteiger partial charge is 0.497 e. The second kappa shape index (κ2) is 12.9. The number of carbonyl (C=O) groups is 1. The number of benzene rings is 3. The molecule has 0 bridgehead atoms. The van der Waals surface area contributed by atoms with E-state index < -0.39 is 32.5 Å². The van der Waals surface area contributed by atoms with Crippen LogP contribution in [0.15, 0.2) is 76.5 Å². The molecule has 10 nitrogen and oxygen atoms in total. The smallest absolute Gasteiger partial charge is 0.268 e. The van der Waals surface area contributed by atoms with E-state index in [9.17, 15) is 21.6 Å². The van der Waals surface area contributed by atoms with Crippen molar-refractivity contribution in [1.29, 1.82) is 0 Å². The van der Waals surface area contributed by atoms with Crippen LogP contribution in [0.1, 0.15) is 30.4 Å². The van der Waals surface area contributed by atoms with E-state index in [1.807, 2.05) is 0 Å². The molecule has 41 heavy (non-hydrogen) atoms. The van der Waals surface area contributed by atoms with Gasteiger partial charge in [0.15, 0.2) is 0 Å². The Bertz CT molecular complexity index is 1570. The van der Waals surface area contributed by atoms with Gasteiger partial charge in [-0.2, -0.15) is 4.31 Å². The third-order valence-electron chi connectivity index (χ3n) is 6.90. The van der Waals surface area contributed by atoms with Gasteiger partial charge in [-0.25, -0.2) is 16.8 Å². The van der Waals surface area contributed by atoms with Crippen molar-refractivity contribution in [2.75, 3.05) is 38.2 Å². The topological polar surface area (TPSA) is 122 Å². The Labute approximate surface area is 242 Å². The summed E-state index contributed by atoms with van der Waals surface area (Å²) in [5.41, 5.74) is 1.67. The number of piperidine rings is 1. The lowest BCUT2D eigenvalue weighted by Crippen LogP contribution is -2.40. The van der Waals surface area contributed by atoms with Gasteiger partial charge in [-0.05, 0) is 79.4 Å². The van der Waals surface area contributed by atoms with Crippen LogP contribution in [0.2, 0.25) is 0 Å². The highest BCUT2D eigenvalue weighted by Crippen LogP contribution is 2.31. The zero-order valence-corrected chi connectivity index (χ0v) is 25.0. The first-order valence-electron chi connectivity index (χ1n) is 13.2. The van der Waals surface area contributed by atoms with Crippen molar-refractivity contribution in [3.63, 3.8) is 0 Å². The van der Waals surface area contributed by atoms with Crippen molar-refractivity contribution in [2.24, 2.45) is 0 Å². The van der Waals surface area contributed by atoms with Gasteiger partial charge in [0, 0.05) is 19.6 Å². The summed E-state index contributed by atoms with van der Waals surface area (Å²) in [5.74, 6) is 0.157. The number of nitrogens with zero attached hydrogens (tertiary/aromatic N) is 2. The lowest BCUT2D eigenvalue weighted by atomic mass is 10.2.